The van der Waals surface area contributed by atoms with Crippen LogP contribution in [0, 0.1) is 0 Å². The highest BCUT2D eigenvalue weighted by Gasteiger charge is 2.09. The van der Waals surface area contributed by atoms with Crippen LogP contribution in [0.4, 0.5) is 0 Å². The van der Waals surface area contributed by atoms with Gasteiger partial charge in [-0.1, -0.05) is 24.3 Å². The molecule has 25 heavy (non-hydrogen) atoms. The molecule has 0 fully saturated rings. The van der Waals surface area contributed by atoms with E-state index in [0.29, 0.717) is 0 Å². The van der Waals surface area contributed by atoms with E-state index in [1.165, 1.54) is 5.56 Å². The maximum Gasteiger partial charge on any atom is 0.123 e. The standard InChI is InChI=1S/C20H22N2O2S/c1-22(12-15-6-4-8-18(10-15)23-2)13-17-14-25-20(21-17)16-7-5-9-19(11-16)24-3/h4-11,14H,12-13H2,1-3H3. The first-order valence-electron chi connectivity index (χ1n) is 8.08. The number of aromatic nitrogens is 1. The molecule has 3 aromatic rings. The SMILES string of the molecule is COc1cccc(CN(C)Cc2csc(-c3cccc(OC)c3)n2)c1. The highest BCUT2D eigenvalue weighted by atomic mass is 32.1. The lowest BCUT2D eigenvalue weighted by atomic mass is 10.2. The Morgan fingerprint density at radius 3 is 2.44 bits per heavy atom. The third-order valence-electron chi connectivity index (χ3n) is 3.89. The summed E-state index contributed by atoms with van der Waals surface area (Å²) in [6.45, 7) is 1.65. The molecule has 1 heterocycles. The molecule has 0 atom stereocenters. The van der Waals surface area contributed by atoms with Gasteiger partial charge in [0.25, 0.3) is 0 Å². The van der Waals surface area contributed by atoms with Crippen LogP contribution in [0.25, 0.3) is 10.6 Å². The lowest BCUT2D eigenvalue weighted by Gasteiger charge is -2.15. The molecule has 0 aliphatic carbocycles. The topological polar surface area (TPSA) is 34.6 Å². The highest BCUT2D eigenvalue weighted by Crippen LogP contribution is 2.27. The average molecular weight is 354 g/mol. The van der Waals surface area contributed by atoms with Gasteiger partial charge >= 0.3 is 0 Å². The Kier molecular flexibility index (Phi) is 5.68. The molecule has 0 spiro atoms. The third kappa shape index (κ3) is 4.59. The van der Waals surface area contributed by atoms with Gasteiger partial charge in [0.1, 0.15) is 16.5 Å². The zero-order valence-electron chi connectivity index (χ0n) is 14.7. The third-order valence-corrected chi connectivity index (χ3v) is 4.83. The quantitative estimate of drug-likeness (QED) is 0.627. The van der Waals surface area contributed by atoms with Gasteiger partial charge < -0.3 is 9.47 Å². The Morgan fingerprint density at radius 1 is 0.960 bits per heavy atom. The molecule has 4 nitrogen and oxygen atoms in total. The van der Waals surface area contributed by atoms with Crippen molar-refractivity contribution < 1.29 is 9.47 Å². The molecule has 0 saturated heterocycles. The summed E-state index contributed by atoms with van der Waals surface area (Å²) in [5.41, 5.74) is 3.39. The smallest absolute Gasteiger partial charge is 0.123 e. The van der Waals surface area contributed by atoms with E-state index in [1.807, 2.05) is 30.3 Å². The zero-order chi connectivity index (χ0) is 17.6. The fourth-order valence-corrected chi connectivity index (χ4v) is 3.49. The van der Waals surface area contributed by atoms with E-state index < -0.39 is 0 Å². The summed E-state index contributed by atoms with van der Waals surface area (Å²) in [6, 6.07) is 16.2. The van der Waals surface area contributed by atoms with Gasteiger partial charge in [-0.05, 0) is 36.9 Å². The van der Waals surface area contributed by atoms with Crippen molar-refractivity contribution in [3.63, 3.8) is 0 Å². The fraction of sp³-hybridized carbons (Fsp3) is 0.250. The highest BCUT2D eigenvalue weighted by molar-refractivity contribution is 7.13. The molecule has 0 bridgehead atoms. The first kappa shape index (κ1) is 17.5. The number of nitrogens with zero attached hydrogens (tertiary/aromatic N) is 2. The Bertz CT molecular complexity index is 832. The summed E-state index contributed by atoms with van der Waals surface area (Å²) >= 11 is 1.66. The van der Waals surface area contributed by atoms with Crippen molar-refractivity contribution in [2.24, 2.45) is 0 Å². The molecule has 0 saturated carbocycles. The van der Waals surface area contributed by atoms with Crippen LogP contribution in [0.1, 0.15) is 11.3 Å². The minimum atomic E-state index is 0.803. The Labute approximate surface area is 152 Å². The van der Waals surface area contributed by atoms with Crippen LogP contribution < -0.4 is 9.47 Å². The molecule has 0 unspecified atom stereocenters. The number of benzene rings is 2. The minimum Gasteiger partial charge on any atom is -0.497 e. The monoisotopic (exact) mass is 354 g/mol. The molecule has 0 aliphatic heterocycles. The molecule has 2 aromatic carbocycles. The normalized spacial score (nSPS) is 10.9. The molecule has 5 heteroatoms. The van der Waals surface area contributed by atoms with E-state index >= 15 is 0 Å². The van der Waals surface area contributed by atoms with E-state index in [2.05, 4.69) is 35.5 Å². The molecule has 0 N–H and O–H groups in total. The van der Waals surface area contributed by atoms with E-state index in [4.69, 9.17) is 14.5 Å². The van der Waals surface area contributed by atoms with Crippen molar-refractivity contribution in [3.8, 4) is 22.1 Å². The zero-order valence-corrected chi connectivity index (χ0v) is 15.5. The fourth-order valence-electron chi connectivity index (χ4n) is 2.68. The Hall–Kier alpha value is -2.37. The molecular formula is C20H22N2O2S. The number of methoxy groups -OCH3 is 2. The maximum absolute atomic E-state index is 5.29. The van der Waals surface area contributed by atoms with Crippen LogP contribution in [0.2, 0.25) is 0 Å². The van der Waals surface area contributed by atoms with E-state index in [-0.39, 0.29) is 0 Å². The van der Waals surface area contributed by atoms with Crippen LogP contribution >= 0.6 is 11.3 Å². The van der Waals surface area contributed by atoms with Gasteiger partial charge in [-0.25, -0.2) is 4.98 Å². The number of hydrogen-bond donors (Lipinski definition) is 0. The largest absolute Gasteiger partial charge is 0.497 e. The van der Waals surface area contributed by atoms with Crippen molar-refractivity contribution in [1.29, 1.82) is 0 Å². The second-order valence-electron chi connectivity index (χ2n) is 5.90. The molecule has 1 aromatic heterocycles. The van der Waals surface area contributed by atoms with Crippen molar-refractivity contribution in [3.05, 3.63) is 65.2 Å². The minimum absolute atomic E-state index is 0.803. The lowest BCUT2D eigenvalue weighted by molar-refractivity contribution is 0.315. The van der Waals surface area contributed by atoms with Crippen molar-refractivity contribution in [1.82, 2.24) is 9.88 Å². The summed E-state index contributed by atoms with van der Waals surface area (Å²) in [4.78, 5) is 7.02. The van der Waals surface area contributed by atoms with Gasteiger partial charge in [0.05, 0.1) is 19.9 Å². The number of thiazole rings is 1. The van der Waals surface area contributed by atoms with Crippen LogP contribution in [-0.2, 0) is 13.1 Å². The van der Waals surface area contributed by atoms with E-state index in [0.717, 1.165) is 40.9 Å². The first-order valence-corrected chi connectivity index (χ1v) is 8.96. The molecule has 0 amide bonds. The second-order valence-corrected chi connectivity index (χ2v) is 6.76. The van der Waals surface area contributed by atoms with Gasteiger partial charge in [-0.3, -0.25) is 4.90 Å². The van der Waals surface area contributed by atoms with E-state index in [1.54, 1.807) is 25.6 Å². The molecule has 0 radical (unpaired) electrons. The molecule has 0 aliphatic rings. The van der Waals surface area contributed by atoms with Crippen LogP contribution in [-0.4, -0.2) is 31.2 Å². The van der Waals surface area contributed by atoms with Gasteiger partial charge in [-0.15, -0.1) is 11.3 Å². The van der Waals surface area contributed by atoms with Gasteiger partial charge in [0.2, 0.25) is 0 Å². The molecule has 3 rings (SSSR count). The first-order chi connectivity index (χ1) is 12.2. The predicted molar refractivity (Wildman–Crippen MR) is 102 cm³/mol. The van der Waals surface area contributed by atoms with Crippen molar-refractivity contribution >= 4 is 11.3 Å². The summed E-state index contributed by atoms with van der Waals surface area (Å²) in [5.74, 6) is 1.74. The second kappa shape index (κ2) is 8.14. The average Bonchev–Trinajstić information content (AvgIpc) is 3.10. The Morgan fingerprint density at radius 2 is 1.68 bits per heavy atom. The Balaban J connectivity index is 1.66. The van der Waals surface area contributed by atoms with Crippen molar-refractivity contribution in [2.75, 3.05) is 21.3 Å². The van der Waals surface area contributed by atoms with Gasteiger partial charge in [0, 0.05) is 24.0 Å². The summed E-state index contributed by atoms with van der Waals surface area (Å²) in [6.07, 6.45) is 0. The maximum atomic E-state index is 5.29. The predicted octanol–water partition coefficient (Wildman–Crippen LogP) is 4.46. The summed E-state index contributed by atoms with van der Waals surface area (Å²) < 4.78 is 10.6. The number of ether oxygens (including phenoxy) is 2. The van der Waals surface area contributed by atoms with Gasteiger partial charge in [0.15, 0.2) is 0 Å². The van der Waals surface area contributed by atoms with Crippen LogP contribution in [0.3, 0.4) is 0 Å². The molecular weight excluding hydrogens is 332 g/mol. The van der Waals surface area contributed by atoms with E-state index in [9.17, 15) is 0 Å². The van der Waals surface area contributed by atoms with Crippen LogP contribution in [0.15, 0.2) is 53.9 Å². The lowest BCUT2D eigenvalue weighted by Crippen LogP contribution is -2.17. The molecule has 130 valence electrons. The summed E-state index contributed by atoms with van der Waals surface area (Å²) in [7, 11) is 5.47. The van der Waals surface area contributed by atoms with Crippen LogP contribution in [0.5, 0.6) is 11.5 Å². The van der Waals surface area contributed by atoms with Gasteiger partial charge in [-0.2, -0.15) is 0 Å². The summed E-state index contributed by atoms with van der Waals surface area (Å²) in [5, 5.41) is 3.14. The van der Waals surface area contributed by atoms with Crippen molar-refractivity contribution in [2.45, 2.75) is 13.1 Å². The number of hydrogen-bond acceptors (Lipinski definition) is 5. The number of rotatable bonds is 7.